The van der Waals surface area contributed by atoms with Crippen molar-refractivity contribution in [1.82, 2.24) is 0 Å². The van der Waals surface area contributed by atoms with E-state index >= 15 is 0 Å². The van der Waals surface area contributed by atoms with Gasteiger partial charge >= 0.3 is 0 Å². The standard InChI is InChI=1S/C22H21ClN2O4S/c1-3-29-17-10-8-16(9-11-17)25-30(27,28)18-12-13-20(23)19(14-18)22(26)24-21-7-5-4-6-15(21)2/h4-14,25H,3H2,1-2H3,(H,24,26). The third kappa shape index (κ3) is 5.11. The molecule has 0 unspecified atom stereocenters. The quantitative estimate of drug-likeness (QED) is 0.531. The van der Waals surface area contributed by atoms with E-state index in [1.54, 1.807) is 36.4 Å². The van der Waals surface area contributed by atoms with Crippen LogP contribution in [0.3, 0.4) is 0 Å². The Kier molecular flexibility index (Phi) is 6.64. The molecule has 0 aliphatic carbocycles. The van der Waals surface area contributed by atoms with Gasteiger partial charge in [-0.05, 0) is 67.9 Å². The van der Waals surface area contributed by atoms with Crippen molar-refractivity contribution in [3.05, 3.63) is 82.9 Å². The van der Waals surface area contributed by atoms with Crippen LogP contribution >= 0.6 is 11.6 Å². The molecule has 0 aliphatic heterocycles. The Morgan fingerprint density at radius 3 is 2.40 bits per heavy atom. The molecule has 0 heterocycles. The van der Waals surface area contributed by atoms with Crippen molar-refractivity contribution >= 4 is 38.9 Å². The number of carbonyl (C=O) groups excluding carboxylic acids is 1. The molecule has 0 aromatic heterocycles. The van der Waals surface area contributed by atoms with E-state index in [1.807, 2.05) is 26.0 Å². The van der Waals surface area contributed by atoms with Crippen LogP contribution in [-0.4, -0.2) is 20.9 Å². The summed E-state index contributed by atoms with van der Waals surface area (Å²) in [7, 11) is -3.92. The maximum atomic E-state index is 12.8. The predicted octanol–water partition coefficient (Wildman–Crippen LogP) is 5.10. The molecule has 0 atom stereocenters. The monoisotopic (exact) mass is 444 g/mol. The van der Waals surface area contributed by atoms with Crippen molar-refractivity contribution in [1.29, 1.82) is 0 Å². The summed E-state index contributed by atoms with van der Waals surface area (Å²) in [4.78, 5) is 12.6. The Morgan fingerprint density at radius 1 is 1.03 bits per heavy atom. The number of hydrogen-bond donors (Lipinski definition) is 2. The fourth-order valence-electron chi connectivity index (χ4n) is 2.75. The number of hydrogen-bond acceptors (Lipinski definition) is 4. The molecule has 8 heteroatoms. The molecule has 0 saturated carbocycles. The predicted molar refractivity (Wildman–Crippen MR) is 119 cm³/mol. The number of amides is 1. The van der Waals surface area contributed by atoms with Gasteiger partial charge in [0.15, 0.2) is 0 Å². The van der Waals surface area contributed by atoms with Crippen molar-refractivity contribution in [2.45, 2.75) is 18.7 Å². The lowest BCUT2D eigenvalue weighted by Crippen LogP contribution is -2.16. The molecular formula is C22H21ClN2O4S. The van der Waals surface area contributed by atoms with Gasteiger partial charge in [-0.1, -0.05) is 29.8 Å². The lowest BCUT2D eigenvalue weighted by atomic mass is 10.1. The van der Waals surface area contributed by atoms with E-state index in [0.29, 0.717) is 23.7 Å². The summed E-state index contributed by atoms with van der Waals surface area (Å²) in [5.41, 5.74) is 1.94. The highest BCUT2D eigenvalue weighted by Gasteiger charge is 2.19. The number of nitrogens with one attached hydrogen (secondary N) is 2. The van der Waals surface area contributed by atoms with Gasteiger partial charge in [-0.25, -0.2) is 8.42 Å². The molecule has 3 aromatic rings. The zero-order chi connectivity index (χ0) is 21.7. The number of aryl methyl sites for hydroxylation is 1. The number of rotatable bonds is 7. The molecular weight excluding hydrogens is 424 g/mol. The van der Waals surface area contributed by atoms with E-state index in [2.05, 4.69) is 10.0 Å². The van der Waals surface area contributed by atoms with E-state index in [0.717, 1.165) is 5.56 Å². The molecule has 0 saturated heterocycles. The zero-order valence-electron chi connectivity index (χ0n) is 16.5. The second-order valence-electron chi connectivity index (χ2n) is 6.47. The highest BCUT2D eigenvalue weighted by molar-refractivity contribution is 7.92. The minimum absolute atomic E-state index is 0.0643. The first-order valence-corrected chi connectivity index (χ1v) is 11.1. The SMILES string of the molecule is CCOc1ccc(NS(=O)(=O)c2ccc(Cl)c(C(=O)Nc3ccccc3C)c2)cc1. The van der Waals surface area contributed by atoms with Crippen LogP contribution in [0.25, 0.3) is 0 Å². The average molecular weight is 445 g/mol. The van der Waals surface area contributed by atoms with E-state index in [-0.39, 0.29) is 15.5 Å². The summed E-state index contributed by atoms with van der Waals surface area (Å²) in [6.45, 7) is 4.24. The van der Waals surface area contributed by atoms with Crippen molar-refractivity contribution in [2.75, 3.05) is 16.6 Å². The van der Waals surface area contributed by atoms with Crippen LogP contribution in [0, 0.1) is 6.92 Å². The molecule has 0 radical (unpaired) electrons. The van der Waals surface area contributed by atoms with Gasteiger partial charge in [-0.3, -0.25) is 9.52 Å². The van der Waals surface area contributed by atoms with Gasteiger partial charge in [0.25, 0.3) is 15.9 Å². The number of benzene rings is 3. The van der Waals surface area contributed by atoms with Gasteiger partial charge in [-0.15, -0.1) is 0 Å². The smallest absolute Gasteiger partial charge is 0.261 e. The maximum absolute atomic E-state index is 12.8. The van der Waals surface area contributed by atoms with Gasteiger partial charge in [0, 0.05) is 11.4 Å². The minimum Gasteiger partial charge on any atom is -0.494 e. The van der Waals surface area contributed by atoms with Crippen LogP contribution in [0.2, 0.25) is 5.02 Å². The average Bonchev–Trinajstić information content (AvgIpc) is 2.71. The molecule has 0 aliphatic rings. The third-order valence-corrected chi connectivity index (χ3v) is 6.01. The molecule has 1 amide bonds. The molecule has 3 rings (SSSR count). The topological polar surface area (TPSA) is 84.5 Å². The highest BCUT2D eigenvalue weighted by Crippen LogP contribution is 2.25. The van der Waals surface area contributed by atoms with Crippen LogP contribution in [-0.2, 0) is 10.0 Å². The van der Waals surface area contributed by atoms with Crippen LogP contribution in [0.1, 0.15) is 22.8 Å². The first kappa shape index (κ1) is 21.7. The van der Waals surface area contributed by atoms with Gasteiger partial charge in [0.1, 0.15) is 5.75 Å². The Morgan fingerprint density at radius 2 is 1.73 bits per heavy atom. The van der Waals surface area contributed by atoms with Crippen molar-refractivity contribution in [3.63, 3.8) is 0 Å². The first-order chi connectivity index (χ1) is 14.3. The molecule has 2 N–H and O–H groups in total. The number of sulfonamides is 1. The van der Waals surface area contributed by atoms with Crippen LogP contribution in [0.5, 0.6) is 5.75 Å². The van der Waals surface area contributed by atoms with Crippen molar-refractivity contribution in [2.24, 2.45) is 0 Å². The van der Waals surface area contributed by atoms with Gasteiger partial charge in [-0.2, -0.15) is 0 Å². The van der Waals surface area contributed by atoms with Crippen molar-refractivity contribution in [3.8, 4) is 5.75 Å². The summed E-state index contributed by atoms with van der Waals surface area (Å²) in [6.07, 6.45) is 0. The summed E-state index contributed by atoms with van der Waals surface area (Å²) in [5, 5.41) is 2.92. The number of para-hydroxylation sites is 1. The van der Waals surface area contributed by atoms with Crippen LogP contribution < -0.4 is 14.8 Å². The van der Waals surface area contributed by atoms with Gasteiger partial charge < -0.3 is 10.1 Å². The molecule has 0 bridgehead atoms. The van der Waals surface area contributed by atoms with E-state index in [4.69, 9.17) is 16.3 Å². The summed E-state index contributed by atoms with van der Waals surface area (Å²) < 4.78 is 33.4. The largest absolute Gasteiger partial charge is 0.494 e. The first-order valence-electron chi connectivity index (χ1n) is 9.22. The molecule has 3 aromatic carbocycles. The Bertz CT molecular complexity index is 1160. The fraction of sp³-hybridized carbons (Fsp3) is 0.136. The van der Waals surface area contributed by atoms with E-state index in [9.17, 15) is 13.2 Å². The van der Waals surface area contributed by atoms with Crippen molar-refractivity contribution < 1.29 is 17.9 Å². The lowest BCUT2D eigenvalue weighted by Gasteiger charge is -2.12. The Balaban J connectivity index is 1.84. The Labute approximate surface area is 180 Å². The summed E-state index contributed by atoms with van der Waals surface area (Å²) in [6, 6.07) is 17.8. The van der Waals surface area contributed by atoms with Crippen LogP contribution in [0.4, 0.5) is 11.4 Å². The lowest BCUT2D eigenvalue weighted by molar-refractivity contribution is 0.102. The van der Waals surface area contributed by atoms with Gasteiger partial charge in [0.05, 0.1) is 22.1 Å². The van der Waals surface area contributed by atoms with E-state index in [1.165, 1.54) is 18.2 Å². The second kappa shape index (κ2) is 9.19. The molecule has 6 nitrogen and oxygen atoms in total. The molecule has 0 fully saturated rings. The van der Waals surface area contributed by atoms with Crippen LogP contribution in [0.15, 0.2) is 71.6 Å². The maximum Gasteiger partial charge on any atom is 0.261 e. The second-order valence-corrected chi connectivity index (χ2v) is 8.56. The van der Waals surface area contributed by atoms with Gasteiger partial charge in [0.2, 0.25) is 0 Å². The number of carbonyl (C=O) groups is 1. The number of ether oxygens (including phenoxy) is 1. The third-order valence-electron chi connectivity index (χ3n) is 4.30. The normalized spacial score (nSPS) is 11.0. The summed E-state index contributed by atoms with van der Waals surface area (Å²) in [5.74, 6) is 0.148. The van der Waals surface area contributed by atoms with E-state index < -0.39 is 15.9 Å². The zero-order valence-corrected chi connectivity index (χ0v) is 18.0. The molecule has 156 valence electrons. The molecule has 30 heavy (non-hydrogen) atoms. The molecule has 0 spiro atoms. The Hall–Kier alpha value is -3.03. The highest BCUT2D eigenvalue weighted by atomic mass is 35.5. The summed E-state index contributed by atoms with van der Waals surface area (Å²) >= 11 is 6.16. The minimum atomic E-state index is -3.92. The fourth-order valence-corrected chi connectivity index (χ4v) is 4.04. The number of anilines is 2. The number of halogens is 1.